The van der Waals surface area contributed by atoms with Crippen molar-refractivity contribution in [2.45, 2.75) is 30.7 Å². The summed E-state index contributed by atoms with van der Waals surface area (Å²) in [5.41, 5.74) is 2.34. The number of imide groups is 1. The van der Waals surface area contributed by atoms with Gasteiger partial charge in [-0.15, -0.1) is 0 Å². The highest BCUT2D eigenvalue weighted by atomic mass is 32.2. The van der Waals surface area contributed by atoms with E-state index in [4.69, 9.17) is 9.88 Å². The standard InChI is InChI=1S/C27H27N3O6S/c1-18-5-3-4-6-23(18)26(32)29(16-15-19-7-13-22(14-8-19)37(28,34)35)24-17-25(31)30(27(24)33)20-9-11-21(36-2)12-10-20/h3-14,24H,15-17H2,1-2H3,(H2,28,34,35). The van der Waals surface area contributed by atoms with Gasteiger partial charge < -0.3 is 9.64 Å². The smallest absolute Gasteiger partial charge is 0.257 e. The molecule has 0 aromatic heterocycles. The molecule has 10 heteroatoms. The summed E-state index contributed by atoms with van der Waals surface area (Å²) in [4.78, 5) is 42.6. The number of aryl methyl sites for hydroxylation is 1. The average molecular weight is 522 g/mol. The van der Waals surface area contributed by atoms with Crippen molar-refractivity contribution in [2.75, 3.05) is 18.6 Å². The molecule has 1 atom stereocenters. The Morgan fingerprint density at radius 3 is 2.27 bits per heavy atom. The van der Waals surface area contributed by atoms with E-state index in [1.165, 1.54) is 24.1 Å². The first-order valence-electron chi connectivity index (χ1n) is 11.6. The fourth-order valence-corrected chi connectivity index (χ4v) is 4.84. The minimum atomic E-state index is -3.83. The number of carbonyl (C=O) groups is 3. The van der Waals surface area contributed by atoms with Gasteiger partial charge in [0.15, 0.2) is 0 Å². The molecule has 0 saturated carbocycles. The number of nitrogens with zero attached hydrogens (tertiary/aromatic N) is 2. The fourth-order valence-electron chi connectivity index (χ4n) is 4.32. The molecular weight excluding hydrogens is 494 g/mol. The van der Waals surface area contributed by atoms with Crippen LogP contribution in [-0.2, 0) is 26.0 Å². The van der Waals surface area contributed by atoms with E-state index >= 15 is 0 Å². The molecule has 4 rings (SSSR count). The van der Waals surface area contributed by atoms with Crippen molar-refractivity contribution in [3.8, 4) is 5.75 Å². The Bertz CT molecular complexity index is 1440. The van der Waals surface area contributed by atoms with Crippen LogP contribution in [0, 0.1) is 6.92 Å². The van der Waals surface area contributed by atoms with Gasteiger partial charge in [-0.05, 0) is 66.9 Å². The number of anilines is 1. The molecule has 3 aromatic carbocycles. The molecule has 1 aliphatic heterocycles. The molecule has 0 radical (unpaired) electrons. The molecule has 1 unspecified atom stereocenters. The van der Waals surface area contributed by atoms with Crippen LogP contribution in [0.15, 0.2) is 77.7 Å². The maximum absolute atomic E-state index is 13.7. The third kappa shape index (κ3) is 5.55. The first-order chi connectivity index (χ1) is 17.6. The number of hydrogen-bond acceptors (Lipinski definition) is 6. The molecule has 0 aliphatic carbocycles. The Morgan fingerprint density at radius 2 is 1.68 bits per heavy atom. The number of primary sulfonamides is 1. The third-order valence-corrected chi connectivity index (χ3v) is 7.29. The second kappa shape index (κ2) is 10.5. The molecule has 0 bridgehead atoms. The van der Waals surface area contributed by atoms with Crippen LogP contribution in [-0.4, -0.2) is 50.7 Å². The van der Waals surface area contributed by atoms with Crippen molar-refractivity contribution >= 4 is 33.4 Å². The van der Waals surface area contributed by atoms with Gasteiger partial charge in [-0.1, -0.05) is 30.3 Å². The summed E-state index contributed by atoms with van der Waals surface area (Å²) in [6.45, 7) is 1.95. The van der Waals surface area contributed by atoms with Crippen LogP contribution >= 0.6 is 0 Å². The van der Waals surface area contributed by atoms with Gasteiger partial charge in [0.2, 0.25) is 15.9 Å². The molecule has 3 aromatic rings. The maximum Gasteiger partial charge on any atom is 0.257 e. The Balaban J connectivity index is 1.63. The lowest BCUT2D eigenvalue weighted by molar-refractivity contribution is -0.122. The summed E-state index contributed by atoms with van der Waals surface area (Å²) in [7, 11) is -2.31. The molecule has 1 aliphatic rings. The Kier molecular flexibility index (Phi) is 7.42. The topological polar surface area (TPSA) is 127 Å². The molecule has 3 amide bonds. The van der Waals surface area contributed by atoms with Crippen molar-refractivity contribution in [3.63, 3.8) is 0 Å². The first-order valence-corrected chi connectivity index (χ1v) is 13.1. The molecule has 1 saturated heterocycles. The van der Waals surface area contributed by atoms with Gasteiger partial charge in [-0.3, -0.25) is 14.4 Å². The van der Waals surface area contributed by atoms with Gasteiger partial charge in [0.1, 0.15) is 11.8 Å². The lowest BCUT2D eigenvalue weighted by Crippen LogP contribution is -2.46. The molecular formula is C27H27N3O6S. The first kappa shape index (κ1) is 26.1. The van der Waals surface area contributed by atoms with Gasteiger partial charge in [0.25, 0.3) is 11.8 Å². The molecule has 1 heterocycles. The second-order valence-corrected chi connectivity index (χ2v) is 10.3. The van der Waals surface area contributed by atoms with Crippen molar-refractivity contribution in [1.82, 2.24) is 4.90 Å². The molecule has 192 valence electrons. The largest absolute Gasteiger partial charge is 0.497 e. The zero-order valence-corrected chi connectivity index (χ0v) is 21.3. The van der Waals surface area contributed by atoms with Crippen LogP contribution in [0.4, 0.5) is 5.69 Å². The highest BCUT2D eigenvalue weighted by Crippen LogP contribution is 2.29. The van der Waals surface area contributed by atoms with Crippen molar-refractivity contribution in [1.29, 1.82) is 0 Å². The zero-order valence-electron chi connectivity index (χ0n) is 20.5. The lowest BCUT2D eigenvalue weighted by Gasteiger charge is -2.28. The van der Waals surface area contributed by atoms with Crippen LogP contribution in [0.1, 0.15) is 27.9 Å². The van der Waals surface area contributed by atoms with Crippen LogP contribution in [0.3, 0.4) is 0 Å². The zero-order chi connectivity index (χ0) is 26.7. The van der Waals surface area contributed by atoms with E-state index < -0.39 is 27.9 Å². The van der Waals surface area contributed by atoms with E-state index in [-0.39, 0.29) is 23.8 Å². The summed E-state index contributed by atoms with van der Waals surface area (Å²) >= 11 is 0. The normalized spacial score (nSPS) is 15.6. The Morgan fingerprint density at radius 1 is 1.03 bits per heavy atom. The highest BCUT2D eigenvalue weighted by Gasteiger charge is 2.44. The predicted molar refractivity (Wildman–Crippen MR) is 138 cm³/mol. The van der Waals surface area contributed by atoms with Gasteiger partial charge in [0.05, 0.1) is 24.1 Å². The van der Waals surface area contributed by atoms with Crippen LogP contribution in [0.2, 0.25) is 0 Å². The minimum Gasteiger partial charge on any atom is -0.497 e. The van der Waals surface area contributed by atoms with Crippen molar-refractivity contribution in [2.24, 2.45) is 5.14 Å². The maximum atomic E-state index is 13.7. The predicted octanol–water partition coefficient (Wildman–Crippen LogP) is 2.67. The van der Waals surface area contributed by atoms with E-state index in [9.17, 15) is 22.8 Å². The average Bonchev–Trinajstić information content (AvgIpc) is 3.17. The monoisotopic (exact) mass is 521 g/mol. The van der Waals surface area contributed by atoms with Gasteiger partial charge >= 0.3 is 0 Å². The van der Waals surface area contributed by atoms with E-state index in [0.29, 0.717) is 23.4 Å². The third-order valence-electron chi connectivity index (χ3n) is 6.36. The second-order valence-electron chi connectivity index (χ2n) is 8.74. The number of nitrogens with two attached hydrogens (primary N) is 1. The molecule has 9 nitrogen and oxygen atoms in total. The number of methoxy groups -OCH3 is 1. The fraction of sp³-hybridized carbons (Fsp3) is 0.222. The van der Waals surface area contributed by atoms with Crippen LogP contribution in [0.5, 0.6) is 5.75 Å². The Labute approximate surface area is 215 Å². The number of hydrogen-bond donors (Lipinski definition) is 1. The lowest BCUT2D eigenvalue weighted by atomic mass is 10.0. The van der Waals surface area contributed by atoms with Gasteiger partial charge in [0, 0.05) is 12.1 Å². The number of ether oxygens (including phenoxy) is 1. The van der Waals surface area contributed by atoms with E-state index in [1.807, 2.05) is 19.1 Å². The summed E-state index contributed by atoms with van der Waals surface area (Å²) in [5, 5.41) is 5.17. The number of sulfonamides is 1. The molecule has 1 fully saturated rings. The highest BCUT2D eigenvalue weighted by molar-refractivity contribution is 7.89. The summed E-state index contributed by atoms with van der Waals surface area (Å²) in [6.07, 6.45) is 0.190. The van der Waals surface area contributed by atoms with Crippen LogP contribution < -0.4 is 14.8 Å². The van der Waals surface area contributed by atoms with Gasteiger partial charge in [-0.25, -0.2) is 18.5 Å². The molecule has 37 heavy (non-hydrogen) atoms. The number of rotatable bonds is 8. The number of amides is 3. The van der Waals surface area contributed by atoms with E-state index in [2.05, 4.69) is 0 Å². The summed E-state index contributed by atoms with van der Waals surface area (Å²) in [6, 6.07) is 18.7. The number of benzene rings is 3. The van der Waals surface area contributed by atoms with Crippen molar-refractivity contribution < 1.29 is 27.5 Å². The SMILES string of the molecule is COc1ccc(N2C(=O)CC(N(CCc3ccc(S(N)(=O)=O)cc3)C(=O)c3ccccc3C)C2=O)cc1. The van der Waals surface area contributed by atoms with E-state index in [1.54, 1.807) is 48.5 Å². The van der Waals surface area contributed by atoms with Crippen molar-refractivity contribution in [3.05, 3.63) is 89.5 Å². The molecule has 0 spiro atoms. The summed E-state index contributed by atoms with van der Waals surface area (Å²) < 4.78 is 28.3. The summed E-state index contributed by atoms with van der Waals surface area (Å²) in [5.74, 6) is -0.659. The Hall–Kier alpha value is -4.02. The molecule has 2 N–H and O–H groups in total. The minimum absolute atomic E-state index is 0.0178. The quantitative estimate of drug-likeness (QED) is 0.454. The van der Waals surface area contributed by atoms with E-state index in [0.717, 1.165) is 16.0 Å². The van der Waals surface area contributed by atoms with Gasteiger partial charge in [-0.2, -0.15) is 0 Å². The number of carbonyl (C=O) groups excluding carboxylic acids is 3. The van der Waals surface area contributed by atoms with Crippen LogP contribution in [0.25, 0.3) is 0 Å².